The van der Waals surface area contributed by atoms with Gasteiger partial charge in [0.1, 0.15) is 11.4 Å². The fraction of sp³-hybridized carbons (Fsp3) is 0.300. The van der Waals surface area contributed by atoms with Crippen molar-refractivity contribution in [3.8, 4) is 0 Å². The molecule has 0 aromatic heterocycles. The van der Waals surface area contributed by atoms with Crippen molar-refractivity contribution in [1.82, 2.24) is 0 Å². The Morgan fingerprint density at radius 3 is 2.19 bits per heavy atom. The van der Waals surface area contributed by atoms with E-state index in [9.17, 15) is 14.0 Å². The Balaban J connectivity index is 2.16. The normalized spacial score (nSPS) is 11.0. The average molecular weight is 358 g/mol. The third-order valence-corrected chi connectivity index (χ3v) is 3.51. The van der Waals surface area contributed by atoms with Crippen LogP contribution in [-0.4, -0.2) is 17.6 Å². The molecule has 138 valence electrons. The number of ether oxygens (including phenoxy) is 1. The molecule has 6 heteroatoms. The van der Waals surface area contributed by atoms with Crippen LogP contribution in [0.4, 0.5) is 20.6 Å². The zero-order valence-electron chi connectivity index (χ0n) is 15.4. The Bertz CT molecular complexity index is 813. The van der Waals surface area contributed by atoms with E-state index in [-0.39, 0.29) is 5.56 Å². The highest BCUT2D eigenvalue weighted by atomic mass is 19.1. The van der Waals surface area contributed by atoms with Gasteiger partial charge in [-0.25, -0.2) is 9.18 Å². The molecule has 0 atom stereocenters. The summed E-state index contributed by atoms with van der Waals surface area (Å²) in [6, 6.07) is 11.1. The zero-order chi connectivity index (χ0) is 19.3. The van der Waals surface area contributed by atoms with Gasteiger partial charge >= 0.3 is 6.09 Å². The summed E-state index contributed by atoms with van der Waals surface area (Å²) in [7, 11) is 0. The molecule has 0 fully saturated rings. The summed E-state index contributed by atoms with van der Waals surface area (Å²) in [5.74, 6) is -0.884. The number of aryl methyl sites for hydroxylation is 1. The smallest absolute Gasteiger partial charge is 0.412 e. The predicted octanol–water partition coefficient (Wildman–Crippen LogP) is 4.99. The van der Waals surface area contributed by atoms with Crippen molar-refractivity contribution in [3.63, 3.8) is 0 Å². The molecule has 0 saturated heterocycles. The molecule has 2 rings (SSSR count). The molecule has 0 unspecified atom stereocenters. The summed E-state index contributed by atoms with van der Waals surface area (Å²) in [6.07, 6.45) is -0.0753. The molecule has 0 aliphatic rings. The van der Waals surface area contributed by atoms with Crippen molar-refractivity contribution in [1.29, 1.82) is 0 Å². The first-order valence-electron chi connectivity index (χ1n) is 8.38. The standard InChI is InChI=1S/C20H23FN2O3/c1-5-13-10-11-14(12-15(13)21)18(24)22-16-8-6-7-9-17(16)23-19(25)26-20(2,3)4/h6-12H,5H2,1-4H3,(H,22,24)(H,23,25). The Kier molecular flexibility index (Phi) is 5.97. The van der Waals surface area contributed by atoms with Gasteiger partial charge in [-0.3, -0.25) is 10.1 Å². The van der Waals surface area contributed by atoms with E-state index in [0.29, 0.717) is 23.4 Å². The minimum absolute atomic E-state index is 0.201. The first-order chi connectivity index (χ1) is 12.2. The largest absolute Gasteiger partial charge is 0.444 e. The zero-order valence-corrected chi connectivity index (χ0v) is 15.4. The van der Waals surface area contributed by atoms with Crippen molar-refractivity contribution >= 4 is 23.4 Å². The number of benzene rings is 2. The molecule has 0 heterocycles. The number of halogens is 1. The van der Waals surface area contributed by atoms with Crippen LogP contribution in [0.2, 0.25) is 0 Å². The van der Waals surface area contributed by atoms with Crippen LogP contribution in [0.25, 0.3) is 0 Å². The van der Waals surface area contributed by atoms with E-state index in [2.05, 4.69) is 10.6 Å². The second-order valence-electron chi connectivity index (χ2n) is 6.79. The molecule has 2 aromatic rings. The third-order valence-electron chi connectivity index (χ3n) is 3.51. The predicted molar refractivity (Wildman–Crippen MR) is 100 cm³/mol. The number of hydrogen-bond acceptors (Lipinski definition) is 3. The molecule has 0 spiro atoms. The van der Waals surface area contributed by atoms with Crippen LogP contribution in [-0.2, 0) is 11.2 Å². The maximum absolute atomic E-state index is 13.9. The number of carbonyl (C=O) groups excluding carboxylic acids is 2. The average Bonchev–Trinajstić information content (AvgIpc) is 2.54. The Morgan fingerprint density at radius 1 is 1.04 bits per heavy atom. The lowest BCUT2D eigenvalue weighted by atomic mass is 10.1. The quantitative estimate of drug-likeness (QED) is 0.809. The van der Waals surface area contributed by atoms with Crippen molar-refractivity contribution in [2.45, 2.75) is 39.7 Å². The van der Waals surface area contributed by atoms with Crippen LogP contribution in [0.5, 0.6) is 0 Å². The number of amides is 2. The fourth-order valence-corrected chi connectivity index (χ4v) is 2.28. The summed E-state index contributed by atoms with van der Waals surface area (Å²) >= 11 is 0. The van der Waals surface area contributed by atoms with Crippen molar-refractivity contribution in [2.24, 2.45) is 0 Å². The summed E-state index contributed by atoms with van der Waals surface area (Å²) < 4.78 is 19.1. The number of nitrogens with one attached hydrogen (secondary N) is 2. The highest BCUT2D eigenvalue weighted by Crippen LogP contribution is 2.23. The first-order valence-corrected chi connectivity index (χ1v) is 8.38. The molecular formula is C20H23FN2O3. The molecule has 26 heavy (non-hydrogen) atoms. The van der Waals surface area contributed by atoms with E-state index in [1.165, 1.54) is 6.07 Å². The number of carbonyl (C=O) groups is 2. The SMILES string of the molecule is CCc1ccc(C(=O)Nc2ccccc2NC(=O)OC(C)(C)C)cc1F. The molecular weight excluding hydrogens is 335 g/mol. The van der Waals surface area contributed by atoms with Gasteiger partial charge in [0.05, 0.1) is 11.4 Å². The summed E-state index contributed by atoms with van der Waals surface area (Å²) in [5, 5.41) is 5.29. The Morgan fingerprint density at radius 2 is 1.65 bits per heavy atom. The Labute approximate surface area is 152 Å². The minimum Gasteiger partial charge on any atom is -0.444 e. The molecule has 0 radical (unpaired) electrons. The van der Waals surface area contributed by atoms with Crippen LogP contribution < -0.4 is 10.6 Å². The Hall–Kier alpha value is -2.89. The minimum atomic E-state index is -0.638. The topological polar surface area (TPSA) is 67.4 Å². The third kappa shape index (κ3) is 5.31. The monoisotopic (exact) mass is 358 g/mol. The molecule has 2 aromatic carbocycles. The van der Waals surface area contributed by atoms with Gasteiger partial charge in [-0.2, -0.15) is 0 Å². The lowest BCUT2D eigenvalue weighted by molar-refractivity contribution is 0.0635. The van der Waals surface area contributed by atoms with E-state index in [0.717, 1.165) is 0 Å². The second-order valence-corrected chi connectivity index (χ2v) is 6.79. The number of para-hydroxylation sites is 2. The van der Waals surface area contributed by atoms with Gasteiger partial charge < -0.3 is 10.1 Å². The lowest BCUT2D eigenvalue weighted by Gasteiger charge is -2.20. The van der Waals surface area contributed by atoms with Gasteiger partial charge in [-0.05, 0) is 57.0 Å². The van der Waals surface area contributed by atoms with E-state index in [1.807, 2.05) is 6.92 Å². The van der Waals surface area contributed by atoms with Gasteiger partial charge in [0.25, 0.3) is 5.91 Å². The van der Waals surface area contributed by atoms with E-state index in [1.54, 1.807) is 57.2 Å². The summed E-state index contributed by atoms with van der Waals surface area (Å²) in [6.45, 7) is 7.12. The van der Waals surface area contributed by atoms with Gasteiger partial charge in [0.15, 0.2) is 0 Å². The van der Waals surface area contributed by atoms with Crippen LogP contribution >= 0.6 is 0 Å². The van der Waals surface area contributed by atoms with Crippen LogP contribution in [0, 0.1) is 5.82 Å². The van der Waals surface area contributed by atoms with E-state index >= 15 is 0 Å². The van der Waals surface area contributed by atoms with E-state index in [4.69, 9.17) is 4.74 Å². The van der Waals surface area contributed by atoms with Gasteiger partial charge in [0, 0.05) is 5.56 Å². The maximum Gasteiger partial charge on any atom is 0.412 e. The van der Waals surface area contributed by atoms with Gasteiger partial charge in [0.2, 0.25) is 0 Å². The second kappa shape index (κ2) is 7.99. The number of rotatable bonds is 4. The molecule has 0 aliphatic heterocycles. The van der Waals surface area contributed by atoms with Crippen molar-refractivity contribution in [3.05, 3.63) is 59.4 Å². The van der Waals surface area contributed by atoms with Crippen LogP contribution in [0.15, 0.2) is 42.5 Å². The first kappa shape index (κ1) is 19.4. The van der Waals surface area contributed by atoms with Gasteiger partial charge in [-0.1, -0.05) is 25.1 Å². The molecule has 0 saturated carbocycles. The highest BCUT2D eigenvalue weighted by molar-refractivity contribution is 6.06. The molecule has 0 bridgehead atoms. The summed E-state index contributed by atoms with van der Waals surface area (Å²) in [4.78, 5) is 24.4. The number of hydrogen-bond donors (Lipinski definition) is 2. The molecule has 2 N–H and O–H groups in total. The van der Waals surface area contributed by atoms with Crippen LogP contribution in [0.1, 0.15) is 43.6 Å². The number of anilines is 2. The molecule has 5 nitrogen and oxygen atoms in total. The van der Waals surface area contributed by atoms with E-state index < -0.39 is 23.4 Å². The van der Waals surface area contributed by atoms with Crippen molar-refractivity contribution in [2.75, 3.05) is 10.6 Å². The highest BCUT2D eigenvalue weighted by Gasteiger charge is 2.18. The van der Waals surface area contributed by atoms with Crippen LogP contribution in [0.3, 0.4) is 0 Å². The lowest BCUT2D eigenvalue weighted by Crippen LogP contribution is -2.27. The fourth-order valence-electron chi connectivity index (χ4n) is 2.28. The molecule has 0 aliphatic carbocycles. The molecule has 2 amide bonds. The van der Waals surface area contributed by atoms with Crippen molar-refractivity contribution < 1.29 is 18.7 Å². The van der Waals surface area contributed by atoms with Gasteiger partial charge in [-0.15, -0.1) is 0 Å². The maximum atomic E-state index is 13.9. The summed E-state index contributed by atoms with van der Waals surface area (Å²) in [5.41, 5.74) is 0.894.